The van der Waals surface area contributed by atoms with Crippen molar-refractivity contribution in [1.82, 2.24) is 4.98 Å². The van der Waals surface area contributed by atoms with Gasteiger partial charge in [-0.2, -0.15) is 0 Å². The van der Waals surface area contributed by atoms with Crippen LogP contribution in [0.3, 0.4) is 0 Å². The quantitative estimate of drug-likeness (QED) is 0.556. The van der Waals surface area contributed by atoms with Crippen molar-refractivity contribution in [2.24, 2.45) is 0 Å². The van der Waals surface area contributed by atoms with Gasteiger partial charge >= 0.3 is 0 Å². The minimum absolute atomic E-state index is 0.198. The van der Waals surface area contributed by atoms with Gasteiger partial charge in [-0.15, -0.1) is 11.3 Å². The highest BCUT2D eigenvalue weighted by atomic mass is 32.1. The van der Waals surface area contributed by atoms with Crippen LogP contribution in [0.15, 0.2) is 29.6 Å². The minimum Gasteiger partial charge on any atom is -0.241 e. The molecule has 0 N–H and O–H groups in total. The largest absolute Gasteiger partial charge is 0.241 e. The minimum atomic E-state index is -0.198. The van der Waals surface area contributed by atoms with Crippen LogP contribution in [0.5, 0.6) is 0 Å². The molecule has 1 aromatic heterocycles. The molecule has 0 aliphatic carbocycles. The number of aromatic nitrogens is 1. The molecular formula is C17H22FNS. The Morgan fingerprint density at radius 3 is 2.45 bits per heavy atom. The Kier molecular flexibility index (Phi) is 6.19. The molecule has 0 amide bonds. The van der Waals surface area contributed by atoms with Gasteiger partial charge < -0.3 is 0 Å². The van der Waals surface area contributed by atoms with Gasteiger partial charge in [0.2, 0.25) is 0 Å². The maximum absolute atomic E-state index is 12.9. The topological polar surface area (TPSA) is 12.9 Å². The molecular weight excluding hydrogens is 269 g/mol. The molecule has 2 rings (SSSR count). The van der Waals surface area contributed by atoms with Crippen molar-refractivity contribution in [1.29, 1.82) is 0 Å². The van der Waals surface area contributed by atoms with E-state index >= 15 is 0 Å². The molecule has 0 radical (unpaired) electrons. The zero-order valence-corrected chi connectivity index (χ0v) is 12.9. The first-order valence-electron chi connectivity index (χ1n) is 7.50. The van der Waals surface area contributed by atoms with Crippen molar-refractivity contribution >= 4 is 11.3 Å². The number of aryl methyl sites for hydroxylation is 1. The highest BCUT2D eigenvalue weighted by molar-refractivity contribution is 7.09. The van der Waals surface area contributed by atoms with Crippen LogP contribution in [0.1, 0.15) is 50.5 Å². The van der Waals surface area contributed by atoms with Gasteiger partial charge in [0.1, 0.15) is 5.82 Å². The number of nitrogens with zero attached hydrogens (tertiary/aromatic N) is 1. The fourth-order valence-electron chi connectivity index (χ4n) is 2.24. The Balaban J connectivity index is 1.79. The van der Waals surface area contributed by atoms with Crippen molar-refractivity contribution in [3.8, 4) is 11.3 Å². The van der Waals surface area contributed by atoms with E-state index < -0.39 is 0 Å². The lowest BCUT2D eigenvalue weighted by Crippen LogP contribution is -1.86. The second kappa shape index (κ2) is 8.15. The molecule has 0 saturated heterocycles. The molecule has 0 saturated carbocycles. The molecule has 0 unspecified atom stereocenters. The summed E-state index contributed by atoms with van der Waals surface area (Å²) in [6.45, 7) is 2.24. The molecule has 0 spiro atoms. The molecule has 2 aromatic rings. The predicted octanol–water partition coefficient (Wildman–Crippen LogP) is 5.85. The standard InChI is InChI=1S/C17H22FNS/c1-2-3-4-5-6-7-8-17-19-16(13-20-17)14-9-11-15(18)12-10-14/h9-13H,2-8H2,1H3. The summed E-state index contributed by atoms with van der Waals surface area (Å²) in [6.07, 6.45) is 8.93. The lowest BCUT2D eigenvalue weighted by Gasteiger charge is -1.99. The highest BCUT2D eigenvalue weighted by Gasteiger charge is 2.04. The smallest absolute Gasteiger partial charge is 0.123 e. The first kappa shape index (κ1) is 15.2. The number of rotatable bonds is 8. The van der Waals surface area contributed by atoms with Crippen molar-refractivity contribution in [2.75, 3.05) is 0 Å². The van der Waals surface area contributed by atoms with Gasteiger partial charge in [-0.05, 0) is 37.1 Å². The monoisotopic (exact) mass is 291 g/mol. The second-order valence-electron chi connectivity index (χ2n) is 5.15. The summed E-state index contributed by atoms with van der Waals surface area (Å²) in [5.74, 6) is -0.198. The average molecular weight is 291 g/mol. The van der Waals surface area contributed by atoms with Crippen LogP contribution in [0.25, 0.3) is 11.3 Å². The van der Waals surface area contributed by atoms with E-state index in [0.29, 0.717) is 0 Å². The second-order valence-corrected chi connectivity index (χ2v) is 6.09. The van der Waals surface area contributed by atoms with E-state index in [-0.39, 0.29) is 5.82 Å². The average Bonchev–Trinajstić information content (AvgIpc) is 2.92. The van der Waals surface area contributed by atoms with Gasteiger partial charge in [0.25, 0.3) is 0 Å². The molecule has 0 aliphatic rings. The first-order chi connectivity index (χ1) is 9.79. The van der Waals surface area contributed by atoms with Crippen LogP contribution in [0, 0.1) is 5.82 Å². The molecule has 20 heavy (non-hydrogen) atoms. The number of benzene rings is 1. The third-order valence-corrected chi connectivity index (χ3v) is 4.34. The lowest BCUT2D eigenvalue weighted by atomic mass is 10.1. The van der Waals surface area contributed by atoms with Gasteiger partial charge in [0.05, 0.1) is 10.7 Å². The Morgan fingerprint density at radius 1 is 1.00 bits per heavy atom. The van der Waals surface area contributed by atoms with Crippen molar-refractivity contribution in [2.45, 2.75) is 51.9 Å². The zero-order valence-electron chi connectivity index (χ0n) is 12.1. The summed E-state index contributed by atoms with van der Waals surface area (Å²) in [6, 6.07) is 6.56. The van der Waals surface area contributed by atoms with Gasteiger partial charge in [-0.3, -0.25) is 0 Å². The predicted molar refractivity (Wildman–Crippen MR) is 84.6 cm³/mol. The van der Waals surface area contributed by atoms with E-state index in [9.17, 15) is 4.39 Å². The maximum Gasteiger partial charge on any atom is 0.123 e. The Morgan fingerprint density at radius 2 is 1.70 bits per heavy atom. The van der Waals surface area contributed by atoms with E-state index in [2.05, 4.69) is 17.3 Å². The number of hydrogen-bond acceptors (Lipinski definition) is 2. The van der Waals surface area contributed by atoms with E-state index in [1.807, 2.05) is 0 Å². The summed E-state index contributed by atoms with van der Waals surface area (Å²) in [5, 5.41) is 3.26. The summed E-state index contributed by atoms with van der Waals surface area (Å²) in [5.41, 5.74) is 1.97. The summed E-state index contributed by atoms with van der Waals surface area (Å²) >= 11 is 1.71. The van der Waals surface area contributed by atoms with Gasteiger partial charge in [0, 0.05) is 10.9 Å². The Labute approximate surface area is 124 Å². The molecule has 1 heterocycles. The molecule has 0 atom stereocenters. The number of halogens is 1. The van der Waals surface area contributed by atoms with Gasteiger partial charge in [0.15, 0.2) is 0 Å². The molecule has 0 fully saturated rings. The van der Waals surface area contributed by atoms with Crippen molar-refractivity contribution in [3.05, 3.63) is 40.5 Å². The molecule has 0 bridgehead atoms. The maximum atomic E-state index is 12.9. The zero-order chi connectivity index (χ0) is 14.2. The molecule has 1 aromatic carbocycles. The van der Waals surface area contributed by atoms with Crippen LogP contribution in [-0.2, 0) is 6.42 Å². The summed E-state index contributed by atoms with van der Waals surface area (Å²) < 4.78 is 12.9. The van der Waals surface area contributed by atoms with E-state index in [4.69, 9.17) is 0 Å². The third-order valence-electron chi connectivity index (χ3n) is 3.44. The van der Waals surface area contributed by atoms with Crippen molar-refractivity contribution < 1.29 is 4.39 Å². The van der Waals surface area contributed by atoms with E-state index in [1.54, 1.807) is 23.5 Å². The fraction of sp³-hybridized carbons (Fsp3) is 0.471. The van der Waals surface area contributed by atoms with E-state index in [0.717, 1.165) is 17.7 Å². The molecule has 0 aliphatic heterocycles. The normalized spacial score (nSPS) is 10.9. The lowest BCUT2D eigenvalue weighted by molar-refractivity contribution is 0.607. The van der Waals surface area contributed by atoms with Crippen LogP contribution in [0.2, 0.25) is 0 Å². The Hall–Kier alpha value is -1.22. The number of unbranched alkanes of at least 4 members (excludes halogenated alkanes) is 5. The highest BCUT2D eigenvalue weighted by Crippen LogP contribution is 2.23. The third kappa shape index (κ3) is 4.71. The van der Waals surface area contributed by atoms with Gasteiger partial charge in [-0.1, -0.05) is 39.0 Å². The van der Waals surface area contributed by atoms with Crippen LogP contribution >= 0.6 is 11.3 Å². The molecule has 108 valence electrons. The molecule has 3 heteroatoms. The summed E-state index contributed by atoms with van der Waals surface area (Å²) in [7, 11) is 0. The molecule has 1 nitrogen and oxygen atoms in total. The number of hydrogen-bond donors (Lipinski definition) is 0. The number of thiazole rings is 1. The summed E-state index contributed by atoms with van der Waals surface area (Å²) in [4.78, 5) is 4.64. The van der Waals surface area contributed by atoms with Crippen LogP contribution in [-0.4, -0.2) is 4.98 Å². The van der Waals surface area contributed by atoms with Crippen LogP contribution < -0.4 is 0 Å². The SMILES string of the molecule is CCCCCCCCc1nc(-c2ccc(F)cc2)cs1. The Bertz CT molecular complexity index is 504. The fourth-order valence-corrected chi connectivity index (χ4v) is 3.09. The van der Waals surface area contributed by atoms with E-state index in [1.165, 1.54) is 55.7 Å². The van der Waals surface area contributed by atoms with Crippen LogP contribution in [0.4, 0.5) is 4.39 Å². The first-order valence-corrected chi connectivity index (χ1v) is 8.38. The van der Waals surface area contributed by atoms with Gasteiger partial charge in [-0.25, -0.2) is 9.37 Å². The van der Waals surface area contributed by atoms with Crippen molar-refractivity contribution in [3.63, 3.8) is 0 Å².